The van der Waals surface area contributed by atoms with Gasteiger partial charge in [-0.05, 0) is 46.7 Å². The van der Waals surface area contributed by atoms with Gasteiger partial charge in [0.2, 0.25) is 5.90 Å². The van der Waals surface area contributed by atoms with Crippen LogP contribution in [-0.4, -0.2) is 11.9 Å². The molecule has 0 N–H and O–H groups in total. The van der Waals surface area contributed by atoms with Gasteiger partial charge in [-0.2, -0.15) is 0 Å². The second-order valence-corrected chi connectivity index (χ2v) is 5.41. The number of hydrogen-bond acceptors (Lipinski definition) is 3. The van der Waals surface area contributed by atoms with E-state index in [0.717, 1.165) is 16.3 Å². The van der Waals surface area contributed by atoms with Crippen molar-refractivity contribution in [3.63, 3.8) is 0 Å². The van der Waals surface area contributed by atoms with Gasteiger partial charge in [0.15, 0.2) is 5.70 Å². The van der Waals surface area contributed by atoms with E-state index in [0.29, 0.717) is 5.56 Å². The first-order chi connectivity index (χ1) is 11.7. The van der Waals surface area contributed by atoms with Gasteiger partial charge in [0, 0.05) is 5.56 Å². The maximum atomic E-state index is 13.0. The number of aliphatic imine (C=N–C) groups is 1. The number of fused-ring (bicyclic) bond motifs is 1. The zero-order valence-corrected chi connectivity index (χ0v) is 12.6. The molecule has 0 radical (unpaired) electrons. The molecule has 24 heavy (non-hydrogen) atoms. The molecule has 0 saturated heterocycles. The summed E-state index contributed by atoms with van der Waals surface area (Å²) in [6, 6.07) is 19.5. The predicted octanol–water partition coefficient (Wildman–Crippen LogP) is 4.32. The molecular formula is C20H12FNO2. The molecule has 0 aromatic heterocycles. The Morgan fingerprint density at radius 2 is 1.67 bits per heavy atom. The maximum Gasteiger partial charge on any atom is 0.363 e. The number of benzene rings is 3. The van der Waals surface area contributed by atoms with E-state index in [9.17, 15) is 9.18 Å². The van der Waals surface area contributed by atoms with Crippen molar-refractivity contribution in [2.45, 2.75) is 0 Å². The van der Waals surface area contributed by atoms with Crippen LogP contribution >= 0.6 is 0 Å². The number of rotatable bonds is 2. The number of carbonyl (C=O) groups excluding carboxylic acids is 1. The lowest BCUT2D eigenvalue weighted by Gasteiger charge is -2.01. The lowest BCUT2D eigenvalue weighted by Crippen LogP contribution is -2.05. The number of halogens is 1. The van der Waals surface area contributed by atoms with Gasteiger partial charge in [0.25, 0.3) is 0 Å². The highest BCUT2D eigenvalue weighted by Crippen LogP contribution is 2.24. The summed E-state index contributed by atoms with van der Waals surface area (Å²) < 4.78 is 18.2. The van der Waals surface area contributed by atoms with Crippen molar-refractivity contribution in [2.75, 3.05) is 0 Å². The number of esters is 1. The molecule has 116 valence electrons. The molecule has 4 heteroatoms. The van der Waals surface area contributed by atoms with E-state index in [2.05, 4.69) is 4.99 Å². The van der Waals surface area contributed by atoms with Crippen LogP contribution in [-0.2, 0) is 9.53 Å². The summed E-state index contributed by atoms with van der Waals surface area (Å²) in [5.41, 5.74) is 1.68. The van der Waals surface area contributed by atoms with E-state index in [1.54, 1.807) is 6.08 Å². The van der Waals surface area contributed by atoms with E-state index in [-0.39, 0.29) is 17.4 Å². The molecule has 0 bridgehead atoms. The smallest absolute Gasteiger partial charge is 0.363 e. The van der Waals surface area contributed by atoms with Gasteiger partial charge in [0.1, 0.15) is 5.82 Å². The standard InChI is InChI=1S/C20H12FNO2/c21-16-10-8-14(9-11-16)19-22-18(20(23)24-19)12-15-6-3-5-13-4-1-2-7-17(13)15/h1-12H/b18-12-. The predicted molar refractivity (Wildman–Crippen MR) is 91.0 cm³/mol. The van der Waals surface area contributed by atoms with Crippen molar-refractivity contribution in [1.29, 1.82) is 0 Å². The molecule has 3 aromatic carbocycles. The van der Waals surface area contributed by atoms with Crippen LogP contribution in [0.25, 0.3) is 16.8 Å². The second-order valence-electron chi connectivity index (χ2n) is 5.41. The summed E-state index contributed by atoms with van der Waals surface area (Å²) in [6.07, 6.45) is 1.71. The molecule has 0 amide bonds. The van der Waals surface area contributed by atoms with Gasteiger partial charge in [-0.1, -0.05) is 42.5 Å². The van der Waals surface area contributed by atoms with E-state index < -0.39 is 5.97 Å². The first kappa shape index (κ1) is 14.3. The molecule has 0 atom stereocenters. The first-order valence-electron chi connectivity index (χ1n) is 7.47. The average Bonchev–Trinajstić information content (AvgIpc) is 2.97. The summed E-state index contributed by atoms with van der Waals surface area (Å²) in [7, 11) is 0. The van der Waals surface area contributed by atoms with Gasteiger partial charge < -0.3 is 4.74 Å². The highest BCUT2D eigenvalue weighted by atomic mass is 19.1. The molecule has 0 fully saturated rings. The lowest BCUT2D eigenvalue weighted by molar-refractivity contribution is -0.129. The van der Waals surface area contributed by atoms with E-state index in [1.807, 2.05) is 42.5 Å². The normalized spacial score (nSPS) is 15.6. The zero-order chi connectivity index (χ0) is 16.5. The number of ether oxygens (including phenoxy) is 1. The maximum absolute atomic E-state index is 13.0. The third kappa shape index (κ3) is 2.58. The monoisotopic (exact) mass is 317 g/mol. The molecule has 0 aliphatic carbocycles. The third-order valence-corrected chi connectivity index (χ3v) is 3.83. The molecule has 0 unspecified atom stereocenters. The van der Waals surface area contributed by atoms with Gasteiger partial charge in [-0.3, -0.25) is 0 Å². The van der Waals surface area contributed by atoms with Crippen LogP contribution in [0.15, 0.2) is 77.4 Å². The van der Waals surface area contributed by atoms with E-state index in [1.165, 1.54) is 24.3 Å². The molecule has 3 aromatic rings. The summed E-state index contributed by atoms with van der Waals surface area (Å²) >= 11 is 0. The largest absolute Gasteiger partial charge is 0.402 e. The fraction of sp³-hybridized carbons (Fsp3) is 0. The van der Waals surface area contributed by atoms with Gasteiger partial charge in [-0.25, -0.2) is 14.2 Å². The quantitative estimate of drug-likeness (QED) is 0.521. The number of cyclic esters (lactones) is 1. The summed E-state index contributed by atoms with van der Waals surface area (Å²) in [6.45, 7) is 0. The molecule has 3 nitrogen and oxygen atoms in total. The van der Waals surface area contributed by atoms with Crippen molar-refractivity contribution >= 4 is 28.7 Å². The second kappa shape index (κ2) is 5.74. The number of hydrogen-bond donors (Lipinski definition) is 0. The number of nitrogens with zero attached hydrogens (tertiary/aromatic N) is 1. The van der Waals surface area contributed by atoms with Gasteiger partial charge in [-0.15, -0.1) is 0 Å². The molecular weight excluding hydrogens is 305 g/mol. The van der Waals surface area contributed by atoms with Gasteiger partial charge >= 0.3 is 5.97 Å². The molecule has 1 heterocycles. The SMILES string of the molecule is O=C1OC(c2ccc(F)cc2)=N/C1=C\c1cccc2ccccc12. The van der Waals surface area contributed by atoms with Crippen molar-refractivity contribution in [2.24, 2.45) is 4.99 Å². The Hall–Kier alpha value is -3.27. The summed E-state index contributed by atoms with van der Waals surface area (Å²) in [4.78, 5) is 16.3. The molecule has 0 spiro atoms. The Balaban J connectivity index is 1.76. The van der Waals surface area contributed by atoms with Crippen LogP contribution in [0.5, 0.6) is 0 Å². The minimum Gasteiger partial charge on any atom is -0.402 e. The van der Waals surface area contributed by atoms with Crippen LogP contribution in [0.3, 0.4) is 0 Å². The minimum atomic E-state index is -0.512. The molecule has 0 saturated carbocycles. The number of carbonyl (C=O) groups is 1. The highest BCUT2D eigenvalue weighted by molar-refractivity contribution is 6.13. The zero-order valence-electron chi connectivity index (χ0n) is 12.6. The summed E-state index contributed by atoms with van der Waals surface area (Å²) in [5, 5.41) is 2.12. The van der Waals surface area contributed by atoms with Crippen LogP contribution in [0.1, 0.15) is 11.1 Å². The van der Waals surface area contributed by atoms with Crippen molar-refractivity contribution in [3.05, 3.63) is 89.4 Å². The minimum absolute atomic E-state index is 0.187. The van der Waals surface area contributed by atoms with E-state index in [4.69, 9.17) is 4.74 Å². The Labute approximate surface area is 137 Å². The Morgan fingerprint density at radius 1 is 0.917 bits per heavy atom. The topological polar surface area (TPSA) is 38.7 Å². The first-order valence-corrected chi connectivity index (χ1v) is 7.47. The Kier molecular flexibility index (Phi) is 3.43. The van der Waals surface area contributed by atoms with Gasteiger partial charge in [0.05, 0.1) is 0 Å². The Morgan fingerprint density at radius 3 is 2.50 bits per heavy atom. The van der Waals surface area contributed by atoms with Crippen LogP contribution in [0.4, 0.5) is 4.39 Å². The third-order valence-electron chi connectivity index (χ3n) is 3.83. The fourth-order valence-electron chi connectivity index (χ4n) is 2.65. The Bertz CT molecular complexity index is 998. The van der Waals surface area contributed by atoms with Crippen LogP contribution in [0, 0.1) is 5.82 Å². The summed E-state index contributed by atoms with van der Waals surface area (Å²) in [5.74, 6) is -0.677. The fourth-order valence-corrected chi connectivity index (χ4v) is 2.65. The van der Waals surface area contributed by atoms with Crippen molar-refractivity contribution in [3.8, 4) is 0 Å². The van der Waals surface area contributed by atoms with Crippen LogP contribution < -0.4 is 0 Å². The molecule has 4 rings (SSSR count). The average molecular weight is 317 g/mol. The molecule has 1 aliphatic heterocycles. The van der Waals surface area contributed by atoms with Crippen LogP contribution in [0.2, 0.25) is 0 Å². The van der Waals surface area contributed by atoms with Crippen molar-refractivity contribution in [1.82, 2.24) is 0 Å². The highest BCUT2D eigenvalue weighted by Gasteiger charge is 2.24. The molecule has 1 aliphatic rings. The van der Waals surface area contributed by atoms with Crippen molar-refractivity contribution < 1.29 is 13.9 Å². The lowest BCUT2D eigenvalue weighted by atomic mass is 10.0. The van der Waals surface area contributed by atoms with E-state index >= 15 is 0 Å².